The van der Waals surface area contributed by atoms with Crippen molar-refractivity contribution in [1.82, 2.24) is 15.5 Å². The molecule has 0 radical (unpaired) electrons. The molecule has 2 fully saturated rings. The Balaban J connectivity index is 1.50. The van der Waals surface area contributed by atoms with Gasteiger partial charge in [0.15, 0.2) is 0 Å². The molecular formula is C20H28N4O4. The highest BCUT2D eigenvalue weighted by atomic mass is 16.5. The Morgan fingerprint density at radius 2 is 1.75 bits per heavy atom. The lowest BCUT2D eigenvalue weighted by Gasteiger charge is -2.26. The fraction of sp³-hybridized carbons (Fsp3) is 0.550. The number of anilines is 1. The monoisotopic (exact) mass is 388 g/mol. The zero-order valence-electron chi connectivity index (χ0n) is 16.0. The van der Waals surface area contributed by atoms with E-state index in [0.717, 1.165) is 38.8 Å². The molecule has 0 unspecified atom stereocenters. The van der Waals surface area contributed by atoms with Crippen LogP contribution in [0.3, 0.4) is 0 Å². The zero-order valence-corrected chi connectivity index (χ0v) is 16.0. The lowest BCUT2D eigenvalue weighted by atomic mass is 10.1. The Labute approximate surface area is 165 Å². The zero-order chi connectivity index (χ0) is 19.8. The highest BCUT2D eigenvalue weighted by Crippen LogP contribution is 2.20. The van der Waals surface area contributed by atoms with Gasteiger partial charge in [-0.25, -0.2) is 0 Å². The van der Waals surface area contributed by atoms with Crippen LogP contribution < -0.4 is 16.0 Å². The van der Waals surface area contributed by atoms with Gasteiger partial charge in [0.1, 0.15) is 0 Å². The number of para-hydroxylation sites is 1. The molecule has 152 valence electrons. The first-order valence-electron chi connectivity index (χ1n) is 9.92. The highest BCUT2D eigenvalue weighted by Gasteiger charge is 2.21. The minimum absolute atomic E-state index is 0.180. The molecule has 1 saturated heterocycles. The first-order chi connectivity index (χ1) is 13.6. The third-order valence-electron chi connectivity index (χ3n) is 5.13. The molecule has 1 aliphatic carbocycles. The van der Waals surface area contributed by atoms with Crippen molar-refractivity contribution < 1.29 is 19.1 Å². The number of morpholine rings is 1. The SMILES string of the molecule is O=C(NCCN1CCOCC1)C(=O)Nc1ccccc1C(=O)NC1CCCC1. The Kier molecular flexibility index (Phi) is 7.39. The van der Waals surface area contributed by atoms with Gasteiger partial charge in [-0.3, -0.25) is 19.3 Å². The summed E-state index contributed by atoms with van der Waals surface area (Å²) < 4.78 is 5.28. The second-order valence-electron chi connectivity index (χ2n) is 7.16. The summed E-state index contributed by atoms with van der Waals surface area (Å²) in [5.41, 5.74) is 0.704. The van der Waals surface area contributed by atoms with E-state index in [9.17, 15) is 14.4 Å². The lowest BCUT2D eigenvalue weighted by molar-refractivity contribution is -0.136. The average Bonchev–Trinajstić information content (AvgIpc) is 3.22. The van der Waals surface area contributed by atoms with Crippen LogP contribution in [0, 0.1) is 0 Å². The molecule has 3 N–H and O–H groups in total. The summed E-state index contributed by atoms with van der Waals surface area (Å²) in [5, 5.41) is 8.18. The lowest BCUT2D eigenvalue weighted by Crippen LogP contribution is -2.43. The van der Waals surface area contributed by atoms with Crippen molar-refractivity contribution in [3.63, 3.8) is 0 Å². The van der Waals surface area contributed by atoms with Gasteiger partial charge in [0.25, 0.3) is 5.91 Å². The van der Waals surface area contributed by atoms with Gasteiger partial charge in [0.05, 0.1) is 24.5 Å². The summed E-state index contributed by atoms with van der Waals surface area (Å²) in [5.74, 6) is -1.71. The molecule has 0 bridgehead atoms. The minimum Gasteiger partial charge on any atom is -0.379 e. The maximum absolute atomic E-state index is 12.5. The van der Waals surface area contributed by atoms with Gasteiger partial charge >= 0.3 is 11.8 Å². The van der Waals surface area contributed by atoms with Gasteiger partial charge in [0, 0.05) is 32.2 Å². The van der Waals surface area contributed by atoms with Gasteiger partial charge < -0.3 is 20.7 Å². The molecule has 8 nitrogen and oxygen atoms in total. The topological polar surface area (TPSA) is 99.8 Å². The molecule has 3 amide bonds. The molecule has 0 atom stereocenters. The average molecular weight is 388 g/mol. The number of ether oxygens (including phenoxy) is 1. The number of benzene rings is 1. The standard InChI is InChI=1S/C20H28N4O4/c25-18(22-15-5-1-2-6-15)16-7-3-4-8-17(16)23-20(27)19(26)21-9-10-24-11-13-28-14-12-24/h3-4,7-8,15H,1-2,5-6,9-14H2,(H,21,26)(H,22,25)(H,23,27). The van der Waals surface area contributed by atoms with Gasteiger partial charge in [-0.1, -0.05) is 25.0 Å². The predicted molar refractivity (Wildman–Crippen MR) is 105 cm³/mol. The van der Waals surface area contributed by atoms with Crippen molar-refractivity contribution in [3.8, 4) is 0 Å². The van der Waals surface area contributed by atoms with Crippen LogP contribution in [0.15, 0.2) is 24.3 Å². The summed E-state index contributed by atoms with van der Waals surface area (Å²) in [6.45, 7) is 4.08. The van der Waals surface area contributed by atoms with E-state index in [-0.39, 0.29) is 11.9 Å². The van der Waals surface area contributed by atoms with Crippen LogP contribution in [0.1, 0.15) is 36.0 Å². The summed E-state index contributed by atoms with van der Waals surface area (Å²) in [4.78, 5) is 39.0. The molecule has 1 saturated carbocycles. The third-order valence-corrected chi connectivity index (χ3v) is 5.13. The van der Waals surface area contributed by atoms with Crippen LogP contribution in [0.5, 0.6) is 0 Å². The van der Waals surface area contributed by atoms with Crippen molar-refractivity contribution in [3.05, 3.63) is 29.8 Å². The van der Waals surface area contributed by atoms with E-state index in [1.165, 1.54) is 0 Å². The van der Waals surface area contributed by atoms with Crippen LogP contribution in [0.25, 0.3) is 0 Å². The molecule has 0 aromatic heterocycles. The fourth-order valence-electron chi connectivity index (χ4n) is 3.54. The second kappa shape index (κ2) is 10.2. The Hall–Kier alpha value is -2.45. The van der Waals surface area contributed by atoms with E-state index in [1.54, 1.807) is 24.3 Å². The van der Waals surface area contributed by atoms with E-state index in [0.29, 0.717) is 37.6 Å². The van der Waals surface area contributed by atoms with E-state index in [4.69, 9.17) is 4.74 Å². The first-order valence-corrected chi connectivity index (χ1v) is 9.92. The normalized spacial score (nSPS) is 17.9. The Bertz CT molecular complexity index is 697. The van der Waals surface area contributed by atoms with Crippen molar-refractivity contribution in [1.29, 1.82) is 0 Å². The second-order valence-corrected chi connectivity index (χ2v) is 7.16. The molecule has 1 heterocycles. The number of rotatable bonds is 6. The van der Waals surface area contributed by atoms with Crippen LogP contribution in [-0.2, 0) is 14.3 Å². The fourth-order valence-corrected chi connectivity index (χ4v) is 3.54. The van der Waals surface area contributed by atoms with Crippen LogP contribution in [-0.4, -0.2) is 68.1 Å². The highest BCUT2D eigenvalue weighted by molar-refractivity contribution is 6.40. The molecule has 0 spiro atoms. The summed E-state index contributed by atoms with van der Waals surface area (Å²) in [6, 6.07) is 6.92. The summed E-state index contributed by atoms with van der Waals surface area (Å²) in [7, 11) is 0. The summed E-state index contributed by atoms with van der Waals surface area (Å²) >= 11 is 0. The van der Waals surface area contributed by atoms with Gasteiger partial charge in [-0.15, -0.1) is 0 Å². The van der Waals surface area contributed by atoms with Crippen molar-refractivity contribution in [2.75, 3.05) is 44.7 Å². The third kappa shape index (κ3) is 5.77. The van der Waals surface area contributed by atoms with Gasteiger partial charge in [-0.2, -0.15) is 0 Å². The van der Waals surface area contributed by atoms with Crippen molar-refractivity contribution in [2.45, 2.75) is 31.7 Å². The largest absolute Gasteiger partial charge is 0.379 e. The van der Waals surface area contributed by atoms with Crippen LogP contribution in [0.4, 0.5) is 5.69 Å². The minimum atomic E-state index is -0.775. The van der Waals surface area contributed by atoms with Crippen molar-refractivity contribution in [2.24, 2.45) is 0 Å². The number of nitrogens with one attached hydrogen (secondary N) is 3. The molecule has 1 aliphatic heterocycles. The molecule has 1 aromatic rings. The molecule has 28 heavy (non-hydrogen) atoms. The number of carbonyl (C=O) groups excluding carboxylic acids is 3. The van der Waals surface area contributed by atoms with E-state index < -0.39 is 11.8 Å². The summed E-state index contributed by atoms with van der Waals surface area (Å²) in [6.07, 6.45) is 4.19. The quantitative estimate of drug-likeness (QED) is 0.625. The molecule has 3 rings (SSSR count). The van der Waals surface area contributed by atoms with Crippen LogP contribution in [0.2, 0.25) is 0 Å². The molecular weight excluding hydrogens is 360 g/mol. The predicted octanol–water partition coefficient (Wildman–Crippen LogP) is 0.746. The number of hydrogen-bond donors (Lipinski definition) is 3. The smallest absolute Gasteiger partial charge is 0.313 e. The van der Waals surface area contributed by atoms with E-state index >= 15 is 0 Å². The molecule has 1 aromatic carbocycles. The maximum Gasteiger partial charge on any atom is 0.313 e. The van der Waals surface area contributed by atoms with E-state index in [1.807, 2.05) is 0 Å². The maximum atomic E-state index is 12.5. The number of nitrogens with zero attached hydrogens (tertiary/aromatic N) is 1. The van der Waals surface area contributed by atoms with Crippen molar-refractivity contribution >= 4 is 23.4 Å². The number of carbonyl (C=O) groups is 3. The molecule has 2 aliphatic rings. The van der Waals surface area contributed by atoms with Gasteiger partial charge in [-0.05, 0) is 25.0 Å². The Morgan fingerprint density at radius 3 is 2.50 bits per heavy atom. The van der Waals surface area contributed by atoms with Crippen LogP contribution >= 0.6 is 0 Å². The van der Waals surface area contributed by atoms with Gasteiger partial charge in [0.2, 0.25) is 0 Å². The Morgan fingerprint density at radius 1 is 1.04 bits per heavy atom. The van der Waals surface area contributed by atoms with E-state index in [2.05, 4.69) is 20.9 Å². The number of amides is 3. The number of hydrogen-bond acceptors (Lipinski definition) is 5. The first kappa shape index (κ1) is 20.3. The molecule has 8 heteroatoms.